The summed E-state index contributed by atoms with van der Waals surface area (Å²) in [4.78, 5) is 12.5. The van der Waals surface area contributed by atoms with Crippen LogP contribution in [0, 0.1) is 0 Å². The number of hydrogen-bond acceptors (Lipinski definition) is 2. The molecule has 0 spiro atoms. The van der Waals surface area contributed by atoms with Gasteiger partial charge in [0.25, 0.3) is 0 Å². The summed E-state index contributed by atoms with van der Waals surface area (Å²) < 4.78 is 5.08. The normalized spacial score (nSPS) is 10.1. The zero-order valence-corrected chi connectivity index (χ0v) is 10.1. The molecule has 0 aromatic heterocycles. The Kier molecular flexibility index (Phi) is 3.97. The largest absolute Gasteiger partial charge is 0.423 e. The van der Waals surface area contributed by atoms with Gasteiger partial charge in [-0.3, -0.25) is 0 Å². The maximum Gasteiger partial charge on any atom is 0.338 e. The molecule has 0 aliphatic heterocycles. The highest BCUT2D eigenvalue weighted by molar-refractivity contribution is 7.95. The van der Waals surface area contributed by atoms with Gasteiger partial charge in [-0.2, -0.15) is 0 Å². The fourth-order valence-electron chi connectivity index (χ4n) is 0.974. The maximum atomic E-state index is 11.2. The second-order valence-corrected chi connectivity index (χ2v) is 5.56. The SMILES string of the molecule is C=C(C)C(=O)Oc1ccc([S+](C)C)cc1. The molecule has 0 aliphatic carbocycles. The first-order valence-corrected chi connectivity index (χ1v) is 6.60. The van der Waals surface area contributed by atoms with E-state index in [-0.39, 0.29) is 16.9 Å². The van der Waals surface area contributed by atoms with Gasteiger partial charge in [0.15, 0.2) is 4.90 Å². The Bertz CT molecular complexity index is 366. The van der Waals surface area contributed by atoms with E-state index in [1.807, 2.05) is 24.3 Å². The Morgan fingerprint density at radius 1 is 1.27 bits per heavy atom. The van der Waals surface area contributed by atoms with E-state index in [1.54, 1.807) is 6.92 Å². The van der Waals surface area contributed by atoms with Crippen molar-refractivity contribution in [3.8, 4) is 5.75 Å². The van der Waals surface area contributed by atoms with Crippen molar-refractivity contribution in [1.29, 1.82) is 0 Å². The van der Waals surface area contributed by atoms with Gasteiger partial charge in [0.1, 0.15) is 18.3 Å². The molecular weight excluding hydrogens is 208 g/mol. The molecule has 0 radical (unpaired) electrons. The first-order chi connectivity index (χ1) is 7.00. The van der Waals surface area contributed by atoms with Gasteiger partial charge >= 0.3 is 5.97 Å². The lowest BCUT2D eigenvalue weighted by Gasteiger charge is -2.03. The molecule has 0 unspecified atom stereocenters. The van der Waals surface area contributed by atoms with Gasteiger partial charge < -0.3 is 4.74 Å². The fraction of sp³-hybridized carbons (Fsp3) is 0.250. The third-order valence-electron chi connectivity index (χ3n) is 1.85. The van der Waals surface area contributed by atoms with E-state index in [9.17, 15) is 4.79 Å². The summed E-state index contributed by atoms with van der Waals surface area (Å²) >= 11 is 0. The molecule has 0 atom stereocenters. The van der Waals surface area contributed by atoms with Crippen molar-refractivity contribution in [2.75, 3.05) is 12.5 Å². The van der Waals surface area contributed by atoms with Gasteiger partial charge in [0.2, 0.25) is 0 Å². The molecule has 0 aliphatic rings. The predicted molar refractivity (Wildman–Crippen MR) is 64.4 cm³/mol. The molecule has 3 heteroatoms. The van der Waals surface area contributed by atoms with E-state index < -0.39 is 0 Å². The Morgan fingerprint density at radius 3 is 2.20 bits per heavy atom. The molecule has 1 aromatic carbocycles. The lowest BCUT2D eigenvalue weighted by atomic mass is 10.3. The number of esters is 1. The molecule has 0 fully saturated rings. The second kappa shape index (κ2) is 5.03. The monoisotopic (exact) mass is 223 g/mol. The number of benzene rings is 1. The van der Waals surface area contributed by atoms with E-state index >= 15 is 0 Å². The van der Waals surface area contributed by atoms with Gasteiger partial charge in [-0.15, -0.1) is 0 Å². The zero-order chi connectivity index (χ0) is 11.4. The Morgan fingerprint density at radius 2 is 1.80 bits per heavy atom. The minimum atomic E-state index is -0.380. The average molecular weight is 223 g/mol. The van der Waals surface area contributed by atoms with Crippen molar-refractivity contribution in [3.05, 3.63) is 36.4 Å². The van der Waals surface area contributed by atoms with Crippen molar-refractivity contribution < 1.29 is 9.53 Å². The number of rotatable bonds is 3. The highest BCUT2D eigenvalue weighted by atomic mass is 32.2. The van der Waals surface area contributed by atoms with Crippen molar-refractivity contribution >= 4 is 16.9 Å². The van der Waals surface area contributed by atoms with Gasteiger partial charge in [0.05, 0.1) is 0 Å². The lowest BCUT2D eigenvalue weighted by Crippen LogP contribution is -2.08. The number of hydrogen-bond donors (Lipinski definition) is 0. The van der Waals surface area contributed by atoms with Crippen LogP contribution < -0.4 is 4.74 Å². The van der Waals surface area contributed by atoms with Crippen LogP contribution >= 0.6 is 0 Å². The Balaban J connectivity index is 2.73. The molecule has 2 nitrogen and oxygen atoms in total. The standard InChI is InChI=1S/C12H15O2S/c1-9(2)12(13)14-10-5-7-11(8-6-10)15(3)4/h5-8H,1H2,2-4H3/q+1. The van der Waals surface area contributed by atoms with Crippen molar-refractivity contribution in [2.45, 2.75) is 11.8 Å². The summed E-state index contributed by atoms with van der Waals surface area (Å²) in [7, 11) is 0.233. The van der Waals surface area contributed by atoms with Crippen LogP contribution in [0.3, 0.4) is 0 Å². The molecule has 1 aromatic rings. The quantitative estimate of drug-likeness (QED) is 0.340. The zero-order valence-electron chi connectivity index (χ0n) is 9.24. The van der Waals surface area contributed by atoms with E-state index in [0.29, 0.717) is 11.3 Å². The van der Waals surface area contributed by atoms with Crippen LogP contribution in [0.4, 0.5) is 0 Å². The summed E-state index contributed by atoms with van der Waals surface area (Å²) in [6, 6.07) is 7.57. The van der Waals surface area contributed by atoms with Crippen molar-refractivity contribution in [3.63, 3.8) is 0 Å². The first-order valence-electron chi connectivity index (χ1n) is 4.56. The number of carbonyl (C=O) groups excluding carboxylic acids is 1. The van der Waals surface area contributed by atoms with Crippen LogP contribution in [-0.4, -0.2) is 18.5 Å². The highest BCUT2D eigenvalue weighted by Crippen LogP contribution is 2.16. The molecule has 0 saturated heterocycles. The van der Waals surface area contributed by atoms with Crippen LogP contribution in [0.15, 0.2) is 41.3 Å². The van der Waals surface area contributed by atoms with E-state index in [2.05, 4.69) is 19.1 Å². The van der Waals surface area contributed by atoms with Gasteiger partial charge in [0, 0.05) is 16.5 Å². The van der Waals surface area contributed by atoms with Crippen molar-refractivity contribution in [2.24, 2.45) is 0 Å². The van der Waals surface area contributed by atoms with E-state index in [0.717, 1.165) is 0 Å². The smallest absolute Gasteiger partial charge is 0.338 e. The Hall–Kier alpha value is -1.22. The minimum absolute atomic E-state index is 0.233. The fourth-order valence-corrected chi connectivity index (χ4v) is 1.65. The van der Waals surface area contributed by atoms with Crippen molar-refractivity contribution in [1.82, 2.24) is 0 Å². The summed E-state index contributed by atoms with van der Waals surface area (Å²) in [6.45, 7) is 5.15. The minimum Gasteiger partial charge on any atom is -0.423 e. The molecule has 0 heterocycles. The van der Waals surface area contributed by atoms with Gasteiger partial charge in [-0.1, -0.05) is 6.58 Å². The highest BCUT2D eigenvalue weighted by Gasteiger charge is 2.09. The second-order valence-electron chi connectivity index (χ2n) is 3.46. The van der Waals surface area contributed by atoms with Gasteiger partial charge in [-0.25, -0.2) is 4.79 Å². The summed E-state index contributed by atoms with van der Waals surface area (Å²) in [5.74, 6) is 0.187. The lowest BCUT2D eigenvalue weighted by molar-refractivity contribution is -0.130. The third-order valence-corrected chi connectivity index (χ3v) is 3.07. The number of ether oxygens (including phenoxy) is 1. The summed E-state index contributed by atoms with van der Waals surface area (Å²) in [5.41, 5.74) is 0.407. The topological polar surface area (TPSA) is 26.3 Å². The molecule has 1 rings (SSSR count). The molecule has 0 saturated carbocycles. The van der Waals surface area contributed by atoms with Gasteiger partial charge in [-0.05, 0) is 31.2 Å². The number of carbonyl (C=O) groups is 1. The van der Waals surface area contributed by atoms with Crippen LogP contribution in [-0.2, 0) is 15.7 Å². The van der Waals surface area contributed by atoms with Crippen LogP contribution in [0.25, 0.3) is 0 Å². The first kappa shape index (κ1) is 11.9. The third kappa shape index (κ3) is 3.44. The molecular formula is C12H15O2S+. The van der Waals surface area contributed by atoms with Crippen LogP contribution in [0.2, 0.25) is 0 Å². The summed E-state index contributed by atoms with van der Waals surface area (Å²) in [5, 5.41) is 0. The molecule has 15 heavy (non-hydrogen) atoms. The predicted octanol–water partition coefficient (Wildman–Crippen LogP) is 2.40. The molecule has 80 valence electrons. The molecule has 0 bridgehead atoms. The maximum absolute atomic E-state index is 11.2. The van der Waals surface area contributed by atoms with Crippen LogP contribution in [0.5, 0.6) is 5.75 Å². The van der Waals surface area contributed by atoms with E-state index in [4.69, 9.17) is 4.74 Å². The average Bonchev–Trinajstić information content (AvgIpc) is 2.18. The molecule has 0 N–H and O–H groups in total. The van der Waals surface area contributed by atoms with Crippen LogP contribution in [0.1, 0.15) is 6.92 Å². The van der Waals surface area contributed by atoms with E-state index in [1.165, 1.54) is 4.90 Å². The summed E-state index contributed by atoms with van der Waals surface area (Å²) in [6.07, 6.45) is 4.30. The molecule has 0 amide bonds. The Labute approximate surface area is 93.3 Å².